The van der Waals surface area contributed by atoms with Crippen molar-refractivity contribution in [3.63, 3.8) is 0 Å². The molecule has 0 spiro atoms. The van der Waals surface area contributed by atoms with Crippen LogP contribution in [0.4, 0.5) is 5.69 Å². The Labute approximate surface area is 135 Å². The van der Waals surface area contributed by atoms with Gasteiger partial charge in [0.2, 0.25) is 11.8 Å². The molecule has 1 fully saturated rings. The van der Waals surface area contributed by atoms with Crippen molar-refractivity contribution in [3.8, 4) is 0 Å². The van der Waals surface area contributed by atoms with Crippen LogP contribution in [0.1, 0.15) is 44.0 Å². The van der Waals surface area contributed by atoms with Crippen LogP contribution in [0.2, 0.25) is 0 Å². The van der Waals surface area contributed by atoms with Gasteiger partial charge in [-0.25, -0.2) is 4.79 Å². The third-order valence-electron chi connectivity index (χ3n) is 3.72. The number of hydrogen-bond acceptors (Lipinski definition) is 4. The maximum Gasteiger partial charge on any atom is 0.340 e. The molecule has 1 aliphatic carbocycles. The van der Waals surface area contributed by atoms with Gasteiger partial charge in [0, 0.05) is 6.04 Å². The second-order valence-corrected chi connectivity index (χ2v) is 6.09. The van der Waals surface area contributed by atoms with Gasteiger partial charge in [-0.3, -0.25) is 9.59 Å². The fraction of sp³-hybridized carbons (Fsp3) is 0.471. The van der Waals surface area contributed by atoms with Gasteiger partial charge < -0.3 is 15.4 Å². The van der Waals surface area contributed by atoms with E-state index in [-0.39, 0.29) is 24.1 Å². The lowest BCUT2D eigenvalue weighted by molar-refractivity contribution is -0.138. The molecule has 6 heteroatoms. The second-order valence-electron chi connectivity index (χ2n) is 6.09. The van der Waals surface area contributed by atoms with Crippen molar-refractivity contribution in [2.75, 3.05) is 11.9 Å². The van der Waals surface area contributed by atoms with Crippen molar-refractivity contribution in [3.05, 3.63) is 29.8 Å². The molecule has 0 aromatic heterocycles. The molecule has 1 aliphatic rings. The van der Waals surface area contributed by atoms with Gasteiger partial charge in [-0.05, 0) is 45.7 Å². The summed E-state index contributed by atoms with van der Waals surface area (Å²) in [5.74, 6) is -1.29. The number of rotatable bonds is 6. The molecule has 23 heavy (non-hydrogen) atoms. The summed E-state index contributed by atoms with van der Waals surface area (Å²) in [5, 5.41) is 5.49. The first kappa shape index (κ1) is 17.0. The van der Waals surface area contributed by atoms with E-state index in [0.29, 0.717) is 5.69 Å². The van der Waals surface area contributed by atoms with Gasteiger partial charge in [0.15, 0.2) is 0 Å². The van der Waals surface area contributed by atoms with Gasteiger partial charge in [-0.2, -0.15) is 0 Å². The van der Waals surface area contributed by atoms with Gasteiger partial charge in [0.05, 0.1) is 17.9 Å². The molecule has 0 atom stereocenters. The molecule has 6 nitrogen and oxygen atoms in total. The van der Waals surface area contributed by atoms with E-state index in [1.165, 1.54) is 0 Å². The van der Waals surface area contributed by atoms with Crippen molar-refractivity contribution in [1.29, 1.82) is 0 Å². The Morgan fingerprint density at radius 3 is 2.43 bits per heavy atom. The average molecular weight is 318 g/mol. The number of benzene rings is 1. The van der Waals surface area contributed by atoms with Crippen LogP contribution >= 0.6 is 0 Å². The van der Waals surface area contributed by atoms with Crippen molar-refractivity contribution in [2.24, 2.45) is 5.41 Å². The molecule has 0 unspecified atom stereocenters. The molecular formula is C17H22N2O4. The summed E-state index contributed by atoms with van der Waals surface area (Å²) in [6, 6.07) is 6.76. The normalized spacial score (nSPS) is 14.0. The SMILES string of the molecule is CCOC(=O)c1ccccc1NC(=O)C(C)(C)C(=O)NC1CC1. The summed E-state index contributed by atoms with van der Waals surface area (Å²) in [4.78, 5) is 36.6. The zero-order valence-corrected chi connectivity index (χ0v) is 13.6. The largest absolute Gasteiger partial charge is 0.462 e. The molecule has 2 amide bonds. The zero-order valence-electron chi connectivity index (χ0n) is 13.6. The summed E-state index contributed by atoms with van der Waals surface area (Å²) in [7, 11) is 0. The van der Waals surface area contributed by atoms with E-state index < -0.39 is 17.3 Å². The number of para-hydroxylation sites is 1. The monoisotopic (exact) mass is 318 g/mol. The van der Waals surface area contributed by atoms with Crippen molar-refractivity contribution in [2.45, 2.75) is 39.7 Å². The zero-order chi connectivity index (χ0) is 17.0. The molecule has 0 heterocycles. The van der Waals surface area contributed by atoms with Crippen LogP contribution in [0.15, 0.2) is 24.3 Å². The van der Waals surface area contributed by atoms with Crippen LogP contribution in [0.5, 0.6) is 0 Å². The number of nitrogens with one attached hydrogen (secondary N) is 2. The number of amides is 2. The number of esters is 1. The first-order valence-electron chi connectivity index (χ1n) is 7.74. The van der Waals surface area contributed by atoms with Gasteiger partial charge in [0.25, 0.3) is 0 Å². The summed E-state index contributed by atoms with van der Waals surface area (Å²) in [5.41, 5.74) is -0.631. The van der Waals surface area contributed by atoms with Gasteiger partial charge in [-0.15, -0.1) is 0 Å². The smallest absolute Gasteiger partial charge is 0.340 e. The number of anilines is 1. The Balaban J connectivity index is 2.12. The Hall–Kier alpha value is -2.37. The van der Waals surface area contributed by atoms with Crippen LogP contribution in [-0.2, 0) is 14.3 Å². The van der Waals surface area contributed by atoms with Gasteiger partial charge in [-0.1, -0.05) is 12.1 Å². The van der Waals surface area contributed by atoms with Crippen molar-refractivity contribution >= 4 is 23.5 Å². The fourth-order valence-electron chi connectivity index (χ4n) is 1.95. The van der Waals surface area contributed by atoms with E-state index in [1.807, 2.05) is 0 Å². The lowest BCUT2D eigenvalue weighted by Crippen LogP contribution is -2.46. The molecule has 1 aromatic rings. The molecule has 1 saturated carbocycles. The molecule has 0 bridgehead atoms. The highest BCUT2D eigenvalue weighted by Gasteiger charge is 2.39. The summed E-state index contributed by atoms with van der Waals surface area (Å²) >= 11 is 0. The van der Waals surface area contributed by atoms with Crippen molar-refractivity contribution in [1.82, 2.24) is 5.32 Å². The van der Waals surface area contributed by atoms with Gasteiger partial charge in [0.1, 0.15) is 5.41 Å². The van der Waals surface area contributed by atoms with E-state index in [1.54, 1.807) is 45.0 Å². The summed E-state index contributed by atoms with van der Waals surface area (Å²) in [6.07, 6.45) is 1.91. The Kier molecular flexibility index (Phi) is 5.03. The Bertz CT molecular complexity index is 621. The maximum atomic E-state index is 12.5. The van der Waals surface area contributed by atoms with Gasteiger partial charge >= 0.3 is 5.97 Å². The highest BCUT2D eigenvalue weighted by molar-refractivity contribution is 6.11. The average Bonchev–Trinajstić information content (AvgIpc) is 3.31. The van der Waals surface area contributed by atoms with Crippen LogP contribution in [-0.4, -0.2) is 30.4 Å². The van der Waals surface area contributed by atoms with E-state index in [9.17, 15) is 14.4 Å². The number of hydrogen-bond donors (Lipinski definition) is 2. The molecule has 2 rings (SSSR count). The van der Waals surface area contributed by atoms with E-state index >= 15 is 0 Å². The number of ether oxygens (including phenoxy) is 1. The number of carbonyl (C=O) groups excluding carboxylic acids is 3. The quantitative estimate of drug-likeness (QED) is 0.621. The Morgan fingerprint density at radius 1 is 1.17 bits per heavy atom. The lowest BCUT2D eigenvalue weighted by Gasteiger charge is -2.23. The minimum Gasteiger partial charge on any atom is -0.462 e. The van der Waals surface area contributed by atoms with E-state index in [0.717, 1.165) is 12.8 Å². The predicted octanol–water partition coefficient (Wildman–Crippen LogP) is 2.11. The standard InChI is InChI=1S/C17H22N2O4/c1-4-23-14(20)12-7-5-6-8-13(12)19-16(22)17(2,3)15(21)18-11-9-10-11/h5-8,11H,4,9-10H2,1-3H3,(H,18,21)(H,19,22). The first-order chi connectivity index (χ1) is 10.9. The second kappa shape index (κ2) is 6.81. The maximum absolute atomic E-state index is 12.5. The van der Waals surface area contributed by atoms with Crippen LogP contribution < -0.4 is 10.6 Å². The van der Waals surface area contributed by atoms with Crippen LogP contribution in [0.25, 0.3) is 0 Å². The number of carbonyl (C=O) groups is 3. The van der Waals surface area contributed by atoms with Crippen molar-refractivity contribution < 1.29 is 19.1 Å². The minimum atomic E-state index is -1.23. The van der Waals surface area contributed by atoms with E-state index in [2.05, 4.69) is 10.6 Å². The van der Waals surface area contributed by atoms with Crippen LogP contribution in [0, 0.1) is 5.41 Å². The lowest BCUT2D eigenvalue weighted by atomic mass is 9.90. The fourth-order valence-corrected chi connectivity index (χ4v) is 1.95. The van der Waals surface area contributed by atoms with E-state index in [4.69, 9.17) is 4.74 Å². The third-order valence-corrected chi connectivity index (χ3v) is 3.72. The first-order valence-corrected chi connectivity index (χ1v) is 7.74. The molecular weight excluding hydrogens is 296 g/mol. The third kappa shape index (κ3) is 4.09. The predicted molar refractivity (Wildman–Crippen MR) is 86.0 cm³/mol. The summed E-state index contributed by atoms with van der Waals surface area (Å²) < 4.78 is 4.97. The molecule has 0 aliphatic heterocycles. The highest BCUT2D eigenvalue weighted by atomic mass is 16.5. The molecule has 1 aromatic carbocycles. The Morgan fingerprint density at radius 2 is 1.83 bits per heavy atom. The summed E-state index contributed by atoms with van der Waals surface area (Å²) in [6.45, 7) is 5.08. The molecule has 0 saturated heterocycles. The molecule has 124 valence electrons. The highest BCUT2D eigenvalue weighted by Crippen LogP contribution is 2.25. The minimum absolute atomic E-state index is 0.182. The molecule has 0 radical (unpaired) electrons. The molecule has 2 N–H and O–H groups in total. The van der Waals surface area contributed by atoms with Crippen LogP contribution in [0.3, 0.4) is 0 Å². The topological polar surface area (TPSA) is 84.5 Å².